The molecule has 2 aromatic carbocycles. The van der Waals surface area contributed by atoms with E-state index < -0.39 is 0 Å². The quantitative estimate of drug-likeness (QED) is 0.810. The fraction of sp³-hybridized carbons (Fsp3) is 0.188. The summed E-state index contributed by atoms with van der Waals surface area (Å²) in [5.74, 6) is 0.232. The van der Waals surface area contributed by atoms with E-state index in [-0.39, 0.29) is 17.7 Å². The van der Waals surface area contributed by atoms with Crippen molar-refractivity contribution < 1.29 is 9.90 Å². The molecule has 3 rings (SSSR count). The average Bonchev–Trinajstić information content (AvgIpc) is 2.79. The number of halogens is 1. The van der Waals surface area contributed by atoms with Gasteiger partial charge < -0.3 is 15.7 Å². The second kappa shape index (κ2) is 5.30. The highest BCUT2D eigenvalue weighted by Gasteiger charge is 2.20. The van der Waals surface area contributed by atoms with Gasteiger partial charge in [-0.3, -0.25) is 4.79 Å². The molecule has 3 N–H and O–H groups in total. The SMILES string of the molecule is CC(Nc1cc2c(cc1Cl)NC(=O)C2)c1ccc(O)cc1. The fourth-order valence-corrected chi connectivity index (χ4v) is 2.66. The molecule has 108 valence electrons. The molecule has 2 aromatic rings. The number of rotatable bonds is 3. The summed E-state index contributed by atoms with van der Waals surface area (Å²) >= 11 is 6.26. The summed E-state index contributed by atoms with van der Waals surface area (Å²) in [6, 6.07) is 10.7. The van der Waals surface area contributed by atoms with E-state index in [1.54, 1.807) is 18.2 Å². The number of aromatic hydroxyl groups is 1. The Bertz CT molecular complexity index is 698. The second-order valence-corrected chi connectivity index (χ2v) is 5.58. The van der Waals surface area contributed by atoms with E-state index in [0.29, 0.717) is 11.4 Å². The minimum Gasteiger partial charge on any atom is -0.508 e. The smallest absolute Gasteiger partial charge is 0.228 e. The molecule has 0 saturated heterocycles. The molecule has 1 aliphatic rings. The highest BCUT2D eigenvalue weighted by Crippen LogP contribution is 2.34. The van der Waals surface area contributed by atoms with Crippen LogP contribution in [0.25, 0.3) is 0 Å². The lowest BCUT2D eigenvalue weighted by atomic mass is 10.1. The molecule has 1 unspecified atom stereocenters. The van der Waals surface area contributed by atoms with Gasteiger partial charge in [-0.05, 0) is 42.3 Å². The standard InChI is InChI=1S/C16H15ClN2O2/c1-9(10-2-4-12(20)5-3-10)18-15-6-11-7-16(21)19-14(11)8-13(15)17/h2-6,8-9,18,20H,7H2,1H3,(H,19,21). The van der Waals surface area contributed by atoms with Crippen molar-refractivity contribution in [2.45, 2.75) is 19.4 Å². The number of benzene rings is 2. The molecule has 1 amide bonds. The molecule has 0 aromatic heterocycles. The third kappa shape index (κ3) is 2.81. The Hall–Kier alpha value is -2.20. The van der Waals surface area contributed by atoms with E-state index in [9.17, 15) is 9.90 Å². The molecule has 0 radical (unpaired) electrons. The molecule has 1 atom stereocenters. The third-order valence-electron chi connectivity index (χ3n) is 3.58. The molecular weight excluding hydrogens is 288 g/mol. The van der Waals surface area contributed by atoms with Crippen LogP contribution >= 0.6 is 11.6 Å². The predicted octanol–water partition coefficient (Wildman–Crippen LogP) is 3.71. The maximum atomic E-state index is 11.4. The lowest BCUT2D eigenvalue weighted by Gasteiger charge is -2.17. The lowest BCUT2D eigenvalue weighted by molar-refractivity contribution is -0.115. The number of fused-ring (bicyclic) bond motifs is 1. The van der Waals surface area contributed by atoms with Crippen molar-refractivity contribution in [1.29, 1.82) is 0 Å². The van der Waals surface area contributed by atoms with Crippen LogP contribution in [-0.4, -0.2) is 11.0 Å². The first-order chi connectivity index (χ1) is 10.0. The van der Waals surface area contributed by atoms with Crippen molar-refractivity contribution in [1.82, 2.24) is 0 Å². The molecule has 0 bridgehead atoms. The maximum Gasteiger partial charge on any atom is 0.228 e. The second-order valence-electron chi connectivity index (χ2n) is 5.17. The highest BCUT2D eigenvalue weighted by molar-refractivity contribution is 6.33. The predicted molar refractivity (Wildman–Crippen MR) is 83.9 cm³/mol. The number of phenolic OH excluding ortho intramolecular Hbond substituents is 1. The van der Waals surface area contributed by atoms with E-state index in [2.05, 4.69) is 10.6 Å². The summed E-state index contributed by atoms with van der Waals surface area (Å²) in [6.45, 7) is 2.01. The minimum atomic E-state index is -0.00944. The summed E-state index contributed by atoms with van der Waals surface area (Å²) in [7, 11) is 0. The van der Waals surface area contributed by atoms with E-state index in [1.807, 2.05) is 25.1 Å². The Balaban J connectivity index is 1.83. The van der Waals surface area contributed by atoms with Crippen LogP contribution in [0.1, 0.15) is 24.1 Å². The Morgan fingerprint density at radius 3 is 2.71 bits per heavy atom. The van der Waals surface area contributed by atoms with Gasteiger partial charge in [-0.15, -0.1) is 0 Å². The van der Waals surface area contributed by atoms with Gasteiger partial charge in [0.2, 0.25) is 5.91 Å². The molecular formula is C16H15ClN2O2. The zero-order valence-electron chi connectivity index (χ0n) is 11.5. The van der Waals surface area contributed by atoms with Crippen LogP contribution < -0.4 is 10.6 Å². The zero-order chi connectivity index (χ0) is 15.0. The summed E-state index contributed by atoms with van der Waals surface area (Å²) in [5.41, 5.74) is 3.57. The van der Waals surface area contributed by atoms with Gasteiger partial charge in [-0.2, -0.15) is 0 Å². The van der Waals surface area contributed by atoms with Crippen LogP contribution in [0, 0.1) is 0 Å². The van der Waals surface area contributed by atoms with Crippen molar-refractivity contribution >= 4 is 28.9 Å². The first kappa shape index (κ1) is 13.8. The van der Waals surface area contributed by atoms with Crippen molar-refractivity contribution in [2.24, 2.45) is 0 Å². The number of anilines is 2. The molecule has 0 fully saturated rings. The first-order valence-electron chi connectivity index (χ1n) is 6.70. The lowest BCUT2D eigenvalue weighted by Crippen LogP contribution is -2.07. The number of hydrogen-bond acceptors (Lipinski definition) is 3. The average molecular weight is 303 g/mol. The molecule has 5 heteroatoms. The monoisotopic (exact) mass is 302 g/mol. The maximum absolute atomic E-state index is 11.4. The minimum absolute atomic E-state index is 0.00944. The van der Waals surface area contributed by atoms with Gasteiger partial charge in [0.15, 0.2) is 0 Å². The van der Waals surface area contributed by atoms with Gasteiger partial charge in [0.1, 0.15) is 5.75 Å². The van der Waals surface area contributed by atoms with Gasteiger partial charge in [0.25, 0.3) is 0 Å². The van der Waals surface area contributed by atoms with Crippen molar-refractivity contribution in [3.05, 3.63) is 52.5 Å². The highest BCUT2D eigenvalue weighted by atomic mass is 35.5. The largest absolute Gasteiger partial charge is 0.508 e. The van der Waals surface area contributed by atoms with E-state index in [4.69, 9.17) is 11.6 Å². The number of hydrogen-bond donors (Lipinski definition) is 3. The van der Waals surface area contributed by atoms with Crippen LogP contribution in [0.4, 0.5) is 11.4 Å². The molecule has 1 aliphatic heterocycles. The van der Waals surface area contributed by atoms with Crippen molar-refractivity contribution in [3.63, 3.8) is 0 Å². The molecule has 21 heavy (non-hydrogen) atoms. The third-order valence-corrected chi connectivity index (χ3v) is 3.90. The number of carbonyl (C=O) groups excluding carboxylic acids is 1. The zero-order valence-corrected chi connectivity index (χ0v) is 12.2. The number of amides is 1. The van der Waals surface area contributed by atoms with Crippen LogP contribution in [0.3, 0.4) is 0 Å². The number of nitrogens with one attached hydrogen (secondary N) is 2. The Morgan fingerprint density at radius 1 is 1.29 bits per heavy atom. The Morgan fingerprint density at radius 2 is 2.00 bits per heavy atom. The van der Waals surface area contributed by atoms with Gasteiger partial charge in [0, 0.05) is 11.7 Å². The van der Waals surface area contributed by atoms with E-state index >= 15 is 0 Å². The van der Waals surface area contributed by atoms with E-state index in [1.165, 1.54) is 0 Å². The summed E-state index contributed by atoms with van der Waals surface area (Å²) < 4.78 is 0. The summed E-state index contributed by atoms with van der Waals surface area (Å²) in [4.78, 5) is 11.4. The summed E-state index contributed by atoms with van der Waals surface area (Å²) in [6.07, 6.45) is 0.384. The van der Waals surface area contributed by atoms with Gasteiger partial charge in [0.05, 0.1) is 17.1 Å². The number of phenols is 1. The van der Waals surface area contributed by atoms with Gasteiger partial charge in [-0.25, -0.2) is 0 Å². The summed E-state index contributed by atoms with van der Waals surface area (Å²) in [5, 5.41) is 16.0. The molecule has 4 nitrogen and oxygen atoms in total. The molecule has 1 heterocycles. The van der Waals surface area contributed by atoms with E-state index in [0.717, 1.165) is 22.5 Å². The van der Waals surface area contributed by atoms with Gasteiger partial charge in [-0.1, -0.05) is 23.7 Å². The van der Waals surface area contributed by atoms with Crippen LogP contribution in [0.15, 0.2) is 36.4 Å². The van der Waals surface area contributed by atoms with Crippen LogP contribution in [-0.2, 0) is 11.2 Å². The molecule has 0 spiro atoms. The van der Waals surface area contributed by atoms with Crippen molar-refractivity contribution in [3.8, 4) is 5.75 Å². The Labute approximate surface area is 127 Å². The first-order valence-corrected chi connectivity index (χ1v) is 7.08. The fourth-order valence-electron chi connectivity index (χ4n) is 2.44. The normalized spacial score (nSPS) is 14.5. The van der Waals surface area contributed by atoms with Crippen LogP contribution in [0.5, 0.6) is 5.75 Å². The molecule has 0 aliphatic carbocycles. The Kier molecular flexibility index (Phi) is 3.47. The number of carbonyl (C=O) groups is 1. The molecule has 0 saturated carbocycles. The topological polar surface area (TPSA) is 61.4 Å². The van der Waals surface area contributed by atoms with Crippen molar-refractivity contribution in [2.75, 3.05) is 10.6 Å². The van der Waals surface area contributed by atoms with Crippen LogP contribution in [0.2, 0.25) is 5.02 Å². The van der Waals surface area contributed by atoms with Gasteiger partial charge >= 0.3 is 0 Å².